The van der Waals surface area contributed by atoms with Crippen LogP contribution >= 0.6 is 11.8 Å². The second-order valence-electron chi connectivity index (χ2n) is 5.63. The van der Waals surface area contributed by atoms with Crippen LogP contribution in [0.2, 0.25) is 0 Å². The SMILES string of the molecule is CC(C)c1ccc(SCC(=O)Nc2ccc(S(N)(=O)=O)cc2)cc1. The Morgan fingerprint density at radius 2 is 1.67 bits per heavy atom. The molecule has 2 aromatic carbocycles. The molecule has 0 spiro atoms. The number of primary sulfonamides is 1. The van der Waals surface area contributed by atoms with Crippen molar-refractivity contribution in [3.63, 3.8) is 0 Å². The first-order valence-corrected chi connectivity index (χ1v) is 9.94. The molecule has 128 valence electrons. The normalized spacial score (nSPS) is 11.5. The van der Waals surface area contributed by atoms with E-state index >= 15 is 0 Å². The molecule has 0 atom stereocenters. The second kappa shape index (κ2) is 7.83. The van der Waals surface area contributed by atoms with E-state index in [9.17, 15) is 13.2 Å². The third-order valence-corrected chi connectivity index (χ3v) is 5.32. The molecule has 0 bridgehead atoms. The highest BCUT2D eigenvalue weighted by molar-refractivity contribution is 8.00. The van der Waals surface area contributed by atoms with Crippen molar-refractivity contribution in [1.82, 2.24) is 0 Å². The van der Waals surface area contributed by atoms with E-state index in [1.165, 1.54) is 41.6 Å². The number of nitrogens with two attached hydrogens (primary N) is 1. The lowest BCUT2D eigenvalue weighted by molar-refractivity contribution is -0.113. The minimum atomic E-state index is -3.72. The average molecular weight is 364 g/mol. The Morgan fingerprint density at radius 3 is 2.17 bits per heavy atom. The maximum Gasteiger partial charge on any atom is 0.238 e. The first-order valence-electron chi connectivity index (χ1n) is 7.41. The van der Waals surface area contributed by atoms with E-state index in [0.29, 0.717) is 11.6 Å². The summed E-state index contributed by atoms with van der Waals surface area (Å²) in [4.78, 5) is 13.0. The molecular formula is C17H20N2O3S2. The molecule has 3 N–H and O–H groups in total. The molecule has 0 aliphatic rings. The van der Waals surface area contributed by atoms with Crippen LogP contribution in [0.4, 0.5) is 5.69 Å². The summed E-state index contributed by atoms with van der Waals surface area (Å²) < 4.78 is 22.4. The molecule has 5 nitrogen and oxygen atoms in total. The van der Waals surface area contributed by atoms with E-state index in [1.54, 1.807) is 0 Å². The van der Waals surface area contributed by atoms with Gasteiger partial charge in [-0.2, -0.15) is 0 Å². The molecule has 0 saturated heterocycles. The summed E-state index contributed by atoms with van der Waals surface area (Å²) in [5.41, 5.74) is 1.79. The zero-order valence-corrected chi connectivity index (χ0v) is 15.2. The second-order valence-corrected chi connectivity index (χ2v) is 8.24. The Bertz CT molecular complexity index is 799. The molecule has 7 heteroatoms. The van der Waals surface area contributed by atoms with Gasteiger partial charge in [-0.3, -0.25) is 4.79 Å². The minimum Gasteiger partial charge on any atom is -0.325 e. The Hall–Kier alpha value is -1.83. The molecule has 0 saturated carbocycles. The number of amides is 1. The highest BCUT2D eigenvalue weighted by Gasteiger charge is 2.08. The lowest BCUT2D eigenvalue weighted by Crippen LogP contribution is -2.15. The lowest BCUT2D eigenvalue weighted by Gasteiger charge is -2.08. The molecule has 0 heterocycles. The van der Waals surface area contributed by atoms with Gasteiger partial charge in [0.1, 0.15) is 0 Å². The quantitative estimate of drug-likeness (QED) is 0.770. The van der Waals surface area contributed by atoms with Crippen molar-refractivity contribution in [2.24, 2.45) is 5.14 Å². The summed E-state index contributed by atoms with van der Waals surface area (Å²) in [5.74, 6) is 0.599. The van der Waals surface area contributed by atoms with E-state index in [0.717, 1.165) is 4.90 Å². The largest absolute Gasteiger partial charge is 0.325 e. The van der Waals surface area contributed by atoms with Gasteiger partial charge in [0, 0.05) is 10.6 Å². The maximum absolute atomic E-state index is 12.0. The number of hydrogen-bond donors (Lipinski definition) is 2. The van der Waals surface area contributed by atoms with Gasteiger partial charge in [0.05, 0.1) is 10.6 Å². The van der Waals surface area contributed by atoms with Gasteiger partial charge in [0.15, 0.2) is 0 Å². The van der Waals surface area contributed by atoms with E-state index in [-0.39, 0.29) is 16.6 Å². The third-order valence-electron chi connectivity index (χ3n) is 3.38. The fourth-order valence-corrected chi connectivity index (χ4v) is 3.24. The fourth-order valence-electron chi connectivity index (χ4n) is 2.02. The Labute approximate surface area is 146 Å². The Balaban J connectivity index is 1.89. The minimum absolute atomic E-state index is 0.0140. The number of anilines is 1. The first kappa shape index (κ1) is 18.5. The predicted molar refractivity (Wildman–Crippen MR) is 97.7 cm³/mol. The molecule has 1 amide bonds. The van der Waals surface area contributed by atoms with Gasteiger partial charge in [-0.05, 0) is 47.9 Å². The van der Waals surface area contributed by atoms with Crippen molar-refractivity contribution >= 4 is 33.4 Å². The van der Waals surface area contributed by atoms with Crippen LogP contribution in [0.25, 0.3) is 0 Å². The van der Waals surface area contributed by atoms with Crippen LogP contribution < -0.4 is 10.5 Å². The van der Waals surface area contributed by atoms with E-state index < -0.39 is 10.0 Å². The third kappa shape index (κ3) is 5.36. The predicted octanol–water partition coefficient (Wildman–Crippen LogP) is 3.19. The zero-order chi connectivity index (χ0) is 17.7. The zero-order valence-electron chi connectivity index (χ0n) is 13.5. The topological polar surface area (TPSA) is 89.3 Å². The van der Waals surface area contributed by atoms with Crippen molar-refractivity contribution in [2.75, 3.05) is 11.1 Å². The molecule has 24 heavy (non-hydrogen) atoms. The van der Waals surface area contributed by atoms with Crippen molar-refractivity contribution in [1.29, 1.82) is 0 Å². The molecule has 2 aromatic rings. The van der Waals surface area contributed by atoms with Gasteiger partial charge >= 0.3 is 0 Å². The van der Waals surface area contributed by atoms with E-state index in [4.69, 9.17) is 5.14 Å². The van der Waals surface area contributed by atoms with Crippen molar-refractivity contribution in [3.8, 4) is 0 Å². The van der Waals surface area contributed by atoms with Crippen molar-refractivity contribution in [2.45, 2.75) is 29.6 Å². The van der Waals surface area contributed by atoms with E-state index in [2.05, 4.69) is 31.3 Å². The number of rotatable bonds is 6. The summed E-state index contributed by atoms with van der Waals surface area (Å²) in [5, 5.41) is 7.76. The van der Waals surface area contributed by atoms with Crippen LogP contribution in [0.3, 0.4) is 0 Å². The van der Waals surface area contributed by atoms with Crippen molar-refractivity contribution in [3.05, 3.63) is 54.1 Å². The van der Waals surface area contributed by atoms with Gasteiger partial charge < -0.3 is 5.32 Å². The van der Waals surface area contributed by atoms with Gasteiger partial charge in [-0.1, -0.05) is 26.0 Å². The number of nitrogens with one attached hydrogen (secondary N) is 1. The highest BCUT2D eigenvalue weighted by Crippen LogP contribution is 2.22. The van der Waals surface area contributed by atoms with Gasteiger partial charge in [0.25, 0.3) is 0 Å². The standard InChI is InChI=1S/C17H20N2O3S2/c1-12(2)13-3-7-15(8-4-13)23-11-17(20)19-14-5-9-16(10-6-14)24(18,21)22/h3-10,12H,11H2,1-2H3,(H,19,20)(H2,18,21,22). The number of hydrogen-bond acceptors (Lipinski definition) is 4. The average Bonchev–Trinajstić information content (AvgIpc) is 2.53. The van der Waals surface area contributed by atoms with E-state index in [1.807, 2.05) is 12.1 Å². The molecule has 0 aliphatic carbocycles. The molecule has 0 unspecified atom stereocenters. The molecule has 0 radical (unpaired) electrons. The molecule has 0 aliphatic heterocycles. The van der Waals surface area contributed by atoms with Crippen molar-refractivity contribution < 1.29 is 13.2 Å². The number of thioether (sulfide) groups is 1. The summed E-state index contributed by atoms with van der Waals surface area (Å²) >= 11 is 1.45. The number of carbonyl (C=O) groups excluding carboxylic acids is 1. The van der Waals surface area contributed by atoms with Gasteiger partial charge in [-0.25, -0.2) is 13.6 Å². The lowest BCUT2D eigenvalue weighted by atomic mass is 10.0. The number of benzene rings is 2. The first-order chi connectivity index (χ1) is 11.3. The van der Waals surface area contributed by atoms with Gasteiger partial charge in [-0.15, -0.1) is 11.8 Å². The summed E-state index contributed by atoms with van der Waals surface area (Å²) in [6, 6.07) is 13.9. The molecule has 0 aromatic heterocycles. The highest BCUT2D eigenvalue weighted by atomic mass is 32.2. The number of sulfonamides is 1. The van der Waals surface area contributed by atoms with Crippen LogP contribution in [0.15, 0.2) is 58.3 Å². The summed E-state index contributed by atoms with van der Waals surface area (Å²) in [6.07, 6.45) is 0. The van der Waals surface area contributed by atoms with Crippen LogP contribution in [0.1, 0.15) is 25.3 Å². The van der Waals surface area contributed by atoms with Crippen LogP contribution in [0.5, 0.6) is 0 Å². The maximum atomic E-state index is 12.0. The van der Waals surface area contributed by atoms with Crippen LogP contribution in [-0.4, -0.2) is 20.1 Å². The van der Waals surface area contributed by atoms with Gasteiger partial charge in [0.2, 0.25) is 15.9 Å². The number of carbonyl (C=O) groups is 1. The van der Waals surface area contributed by atoms with Crippen LogP contribution in [-0.2, 0) is 14.8 Å². The monoisotopic (exact) mass is 364 g/mol. The summed E-state index contributed by atoms with van der Waals surface area (Å²) in [6.45, 7) is 4.27. The Morgan fingerprint density at radius 1 is 1.08 bits per heavy atom. The smallest absolute Gasteiger partial charge is 0.238 e. The Kier molecular flexibility index (Phi) is 6.04. The molecular weight excluding hydrogens is 344 g/mol. The van der Waals surface area contributed by atoms with Crippen LogP contribution in [0, 0.1) is 0 Å². The molecule has 2 rings (SSSR count). The summed E-state index contributed by atoms with van der Waals surface area (Å²) in [7, 11) is -3.72. The fraction of sp³-hybridized carbons (Fsp3) is 0.235. The molecule has 0 fully saturated rings.